The van der Waals surface area contributed by atoms with Gasteiger partial charge in [-0.25, -0.2) is 0 Å². The molecule has 2 nitrogen and oxygen atoms in total. The Bertz CT molecular complexity index is 558. The van der Waals surface area contributed by atoms with Gasteiger partial charge in [0.15, 0.2) is 0 Å². The molecule has 2 aromatic rings. The molecule has 0 spiro atoms. The number of unbranched alkanes of at least 4 members (excludes halogenated alkanes) is 2. The van der Waals surface area contributed by atoms with Crippen LogP contribution in [0, 0.1) is 0 Å². The normalized spacial score (nSPS) is 11.6. The highest BCUT2D eigenvalue weighted by Gasteiger charge is 2.18. The van der Waals surface area contributed by atoms with Crippen LogP contribution < -0.4 is 0 Å². The Kier molecular flexibility index (Phi) is 6.66. The molecule has 23 heavy (non-hydrogen) atoms. The van der Waals surface area contributed by atoms with Crippen LogP contribution in [0.1, 0.15) is 44.2 Å². The number of hydrogen-bond acceptors (Lipinski definition) is 2. The van der Waals surface area contributed by atoms with Crippen LogP contribution in [0.4, 0.5) is 0 Å². The first-order chi connectivity index (χ1) is 11.1. The molecule has 0 fully saturated rings. The molecule has 0 unspecified atom stereocenters. The van der Waals surface area contributed by atoms with Crippen LogP contribution in [0.2, 0.25) is 0 Å². The Morgan fingerprint density at radius 3 is 2.22 bits per heavy atom. The van der Waals surface area contributed by atoms with Crippen molar-refractivity contribution in [1.29, 1.82) is 0 Å². The van der Waals surface area contributed by atoms with Crippen molar-refractivity contribution < 1.29 is 9.84 Å². The zero-order valence-corrected chi connectivity index (χ0v) is 14.3. The molecule has 2 rings (SSSR count). The largest absolute Gasteiger partial charge is 0.508 e. The lowest BCUT2D eigenvalue weighted by molar-refractivity contribution is -0.0186. The highest BCUT2D eigenvalue weighted by atomic mass is 16.5. The lowest BCUT2D eigenvalue weighted by Gasteiger charge is -2.25. The summed E-state index contributed by atoms with van der Waals surface area (Å²) < 4.78 is 6.05. The van der Waals surface area contributed by atoms with E-state index in [0.29, 0.717) is 5.75 Å². The van der Waals surface area contributed by atoms with Crippen molar-refractivity contribution in [2.75, 3.05) is 6.61 Å². The summed E-state index contributed by atoms with van der Waals surface area (Å²) in [5, 5.41) is 9.33. The van der Waals surface area contributed by atoms with Gasteiger partial charge in [0.2, 0.25) is 0 Å². The van der Waals surface area contributed by atoms with Crippen LogP contribution in [-0.2, 0) is 17.6 Å². The maximum Gasteiger partial charge on any atom is 0.115 e. The SMILES string of the molecule is CC(C)(Cc1ccc(O)cc1)OCCCCCc1ccccc1. The number of aromatic hydroxyl groups is 1. The fourth-order valence-electron chi connectivity index (χ4n) is 2.76. The molecule has 0 saturated heterocycles. The summed E-state index contributed by atoms with van der Waals surface area (Å²) in [7, 11) is 0. The second kappa shape index (κ2) is 8.73. The number of rotatable bonds is 9. The third-order valence-corrected chi connectivity index (χ3v) is 4.01. The van der Waals surface area contributed by atoms with E-state index in [1.807, 2.05) is 12.1 Å². The third-order valence-electron chi connectivity index (χ3n) is 4.01. The molecule has 0 heterocycles. The first-order valence-corrected chi connectivity index (χ1v) is 8.51. The number of benzene rings is 2. The zero-order chi connectivity index (χ0) is 16.5. The van der Waals surface area contributed by atoms with Gasteiger partial charge in [-0.05, 0) is 56.4 Å². The van der Waals surface area contributed by atoms with Gasteiger partial charge >= 0.3 is 0 Å². The van der Waals surface area contributed by atoms with E-state index >= 15 is 0 Å². The minimum absolute atomic E-state index is 0.170. The van der Waals surface area contributed by atoms with Gasteiger partial charge in [-0.15, -0.1) is 0 Å². The molecule has 0 aliphatic rings. The third kappa shape index (κ3) is 6.87. The first-order valence-electron chi connectivity index (χ1n) is 8.51. The monoisotopic (exact) mass is 312 g/mol. The minimum atomic E-state index is -0.170. The van der Waals surface area contributed by atoms with E-state index in [9.17, 15) is 5.11 Å². The van der Waals surface area contributed by atoms with Gasteiger partial charge in [0.1, 0.15) is 5.75 Å². The molecule has 2 heteroatoms. The summed E-state index contributed by atoms with van der Waals surface area (Å²) in [6.45, 7) is 5.06. The second-order valence-electron chi connectivity index (χ2n) is 6.75. The Hall–Kier alpha value is -1.80. The number of hydrogen-bond donors (Lipinski definition) is 1. The van der Waals surface area contributed by atoms with Gasteiger partial charge < -0.3 is 9.84 Å². The van der Waals surface area contributed by atoms with Gasteiger partial charge in [0.05, 0.1) is 5.60 Å². The van der Waals surface area contributed by atoms with Crippen molar-refractivity contribution in [3.8, 4) is 5.75 Å². The smallest absolute Gasteiger partial charge is 0.115 e. The van der Waals surface area contributed by atoms with Crippen LogP contribution in [0.3, 0.4) is 0 Å². The molecule has 0 aliphatic carbocycles. The highest BCUT2D eigenvalue weighted by Crippen LogP contribution is 2.19. The Morgan fingerprint density at radius 2 is 1.52 bits per heavy atom. The highest BCUT2D eigenvalue weighted by molar-refractivity contribution is 5.26. The van der Waals surface area contributed by atoms with Crippen LogP contribution in [0.15, 0.2) is 54.6 Å². The van der Waals surface area contributed by atoms with Crippen molar-refractivity contribution >= 4 is 0 Å². The minimum Gasteiger partial charge on any atom is -0.508 e. The molecule has 0 aliphatic heterocycles. The van der Waals surface area contributed by atoms with Crippen LogP contribution in [0.25, 0.3) is 0 Å². The predicted molar refractivity (Wildman–Crippen MR) is 95.8 cm³/mol. The molecule has 0 bridgehead atoms. The number of ether oxygens (including phenoxy) is 1. The fraction of sp³-hybridized carbons (Fsp3) is 0.429. The molecule has 124 valence electrons. The quantitative estimate of drug-likeness (QED) is 0.649. The van der Waals surface area contributed by atoms with Gasteiger partial charge in [0, 0.05) is 13.0 Å². The van der Waals surface area contributed by atoms with E-state index in [0.717, 1.165) is 25.9 Å². The van der Waals surface area contributed by atoms with Crippen molar-refractivity contribution in [3.63, 3.8) is 0 Å². The summed E-state index contributed by atoms with van der Waals surface area (Å²) in [5.41, 5.74) is 2.44. The summed E-state index contributed by atoms with van der Waals surface area (Å²) in [6, 6.07) is 18.0. The Balaban J connectivity index is 1.61. The molecule has 0 amide bonds. The van der Waals surface area contributed by atoms with Crippen LogP contribution in [0.5, 0.6) is 5.75 Å². The number of phenols is 1. The molecular formula is C21H28O2. The number of aryl methyl sites for hydroxylation is 1. The molecule has 0 radical (unpaired) electrons. The van der Waals surface area contributed by atoms with E-state index < -0.39 is 0 Å². The zero-order valence-electron chi connectivity index (χ0n) is 14.3. The Labute approximate surface area is 140 Å². The molecule has 0 saturated carbocycles. The van der Waals surface area contributed by atoms with Gasteiger partial charge in [-0.1, -0.05) is 48.9 Å². The van der Waals surface area contributed by atoms with E-state index in [1.54, 1.807) is 12.1 Å². The first kappa shape index (κ1) is 17.6. The summed E-state index contributed by atoms with van der Waals surface area (Å²) >= 11 is 0. The Morgan fingerprint density at radius 1 is 0.826 bits per heavy atom. The molecule has 1 N–H and O–H groups in total. The van der Waals surface area contributed by atoms with Crippen molar-refractivity contribution in [2.24, 2.45) is 0 Å². The van der Waals surface area contributed by atoms with E-state index in [1.165, 1.54) is 24.0 Å². The standard InChI is InChI=1S/C21H28O2/c1-21(2,17-19-12-14-20(22)15-13-19)23-16-8-4-7-11-18-9-5-3-6-10-18/h3,5-6,9-10,12-15,22H,4,7-8,11,16-17H2,1-2H3. The van der Waals surface area contributed by atoms with Gasteiger partial charge in [-0.3, -0.25) is 0 Å². The van der Waals surface area contributed by atoms with E-state index in [-0.39, 0.29) is 5.60 Å². The second-order valence-corrected chi connectivity index (χ2v) is 6.75. The van der Waals surface area contributed by atoms with Gasteiger partial charge in [-0.2, -0.15) is 0 Å². The summed E-state index contributed by atoms with van der Waals surface area (Å²) in [4.78, 5) is 0. The number of phenolic OH excluding ortho intramolecular Hbond substituents is 1. The van der Waals surface area contributed by atoms with Crippen LogP contribution >= 0.6 is 0 Å². The average molecular weight is 312 g/mol. The summed E-state index contributed by atoms with van der Waals surface area (Å²) in [5.74, 6) is 0.311. The summed E-state index contributed by atoms with van der Waals surface area (Å²) in [6.07, 6.45) is 5.52. The van der Waals surface area contributed by atoms with Crippen molar-refractivity contribution in [3.05, 3.63) is 65.7 Å². The topological polar surface area (TPSA) is 29.5 Å². The molecule has 2 aromatic carbocycles. The molecule has 0 atom stereocenters. The predicted octanol–water partition coefficient (Wildman–Crippen LogP) is 5.14. The maximum atomic E-state index is 9.33. The fourth-order valence-corrected chi connectivity index (χ4v) is 2.76. The molecule has 0 aromatic heterocycles. The maximum absolute atomic E-state index is 9.33. The van der Waals surface area contributed by atoms with Crippen molar-refractivity contribution in [1.82, 2.24) is 0 Å². The lowest BCUT2D eigenvalue weighted by Crippen LogP contribution is -2.27. The van der Waals surface area contributed by atoms with E-state index in [2.05, 4.69) is 44.2 Å². The van der Waals surface area contributed by atoms with Crippen LogP contribution in [-0.4, -0.2) is 17.3 Å². The average Bonchev–Trinajstić information content (AvgIpc) is 2.54. The van der Waals surface area contributed by atoms with Gasteiger partial charge in [0.25, 0.3) is 0 Å². The molecular weight excluding hydrogens is 284 g/mol. The van der Waals surface area contributed by atoms with E-state index in [4.69, 9.17) is 4.74 Å². The lowest BCUT2D eigenvalue weighted by atomic mass is 9.98. The van der Waals surface area contributed by atoms with Crippen molar-refractivity contribution in [2.45, 2.75) is 51.6 Å².